The predicted octanol–water partition coefficient (Wildman–Crippen LogP) is 1.52. The third-order valence-corrected chi connectivity index (χ3v) is 8.62. The number of likely N-dealkylation sites (N-methyl/N-ethyl adjacent to an activating group) is 1. The molecule has 12 heteroatoms. The zero-order valence-corrected chi connectivity index (χ0v) is 23.0. The molecule has 0 saturated carbocycles. The Morgan fingerprint density at radius 2 is 1.76 bits per heavy atom. The first-order chi connectivity index (χ1) is 19.4. The summed E-state index contributed by atoms with van der Waals surface area (Å²) in [7, 11) is 2.77. The lowest BCUT2D eigenvalue weighted by Gasteiger charge is -2.45. The highest BCUT2D eigenvalue weighted by Crippen LogP contribution is 2.57. The van der Waals surface area contributed by atoms with Crippen LogP contribution in [0.3, 0.4) is 0 Å². The van der Waals surface area contributed by atoms with E-state index in [1.54, 1.807) is 20.9 Å². The molecule has 1 fully saturated rings. The number of methoxy groups -OCH3 is 1. The molecule has 12 nitrogen and oxygen atoms in total. The second-order valence-corrected chi connectivity index (χ2v) is 10.8. The van der Waals surface area contributed by atoms with Gasteiger partial charge in [0, 0.05) is 35.6 Å². The molecule has 0 aromatic heterocycles. The number of nitrogens with one attached hydrogen (secondary N) is 1. The van der Waals surface area contributed by atoms with Crippen molar-refractivity contribution >= 4 is 17.5 Å². The van der Waals surface area contributed by atoms with E-state index < -0.39 is 88.1 Å². The molecule has 41 heavy (non-hydrogen) atoms. The van der Waals surface area contributed by atoms with E-state index in [4.69, 9.17) is 14.2 Å². The van der Waals surface area contributed by atoms with Crippen molar-refractivity contribution < 1.29 is 54.1 Å². The van der Waals surface area contributed by atoms with Gasteiger partial charge in [-0.3, -0.25) is 14.4 Å². The number of benzene rings is 2. The minimum absolute atomic E-state index is 0.00722. The monoisotopic (exact) mass is 571 g/mol. The van der Waals surface area contributed by atoms with Crippen LogP contribution >= 0.6 is 0 Å². The van der Waals surface area contributed by atoms with E-state index in [2.05, 4.69) is 5.32 Å². The predicted molar refractivity (Wildman–Crippen MR) is 141 cm³/mol. The van der Waals surface area contributed by atoms with E-state index in [0.29, 0.717) is 0 Å². The van der Waals surface area contributed by atoms with Crippen molar-refractivity contribution in [1.29, 1.82) is 0 Å². The normalized spacial score (nSPS) is 30.8. The maximum atomic E-state index is 13.6. The molecule has 6 unspecified atom stereocenters. The first-order valence-electron chi connectivity index (χ1n) is 13.4. The number of aliphatic hydroxyl groups is 2. The number of carbonyl (C=O) groups is 3. The molecule has 3 aliphatic rings. The summed E-state index contributed by atoms with van der Waals surface area (Å²) in [5, 5.41) is 58.9. The number of phenolic OH excluding ortho intramolecular Hbond substituents is 3. The van der Waals surface area contributed by atoms with Crippen LogP contribution in [0.5, 0.6) is 17.2 Å². The number of hydrogen-bond donors (Lipinski definition) is 6. The zero-order valence-electron chi connectivity index (χ0n) is 23.0. The Morgan fingerprint density at radius 3 is 2.39 bits per heavy atom. The number of ether oxygens (including phenoxy) is 3. The van der Waals surface area contributed by atoms with Gasteiger partial charge in [0.05, 0.1) is 47.7 Å². The summed E-state index contributed by atoms with van der Waals surface area (Å²) in [4.78, 5) is 40.3. The van der Waals surface area contributed by atoms with E-state index >= 15 is 0 Å². The summed E-state index contributed by atoms with van der Waals surface area (Å²) in [5.74, 6) is -6.24. The number of phenols is 3. The first kappa shape index (κ1) is 29.0. The molecule has 7 atom stereocenters. The number of aliphatic hydroxyl groups excluding tert-OH is 1. The summed E-state index contributed by atoms with van der Waals surface area (Å²) in [5.41, 5.74) is -3.98. The van der Waals surface area contributed by atoms with Gasteiger partial charge in [-0.15, -0.1) is 0 Å². The Balaban J connectivity index is 1.74. The Hall–Kier alpha value is -3.55. The van der Waals surface area contributed by atoms with Crippen molar-refractivity contribution in [3.05, 3.63) is 51.6 Å². The van der Waals surface area contributed by atoms with Crippen molar-refractivity contribution in [3.63, 3.8) is 0 Å². The zero-order chi connectivity index (χ0) is 30.0. The van der Waals surface area contributed by atoms with Crippen LogP contribution in [0.2, 0.25) is 0 Å². The van der Waals surface area contributed by atoms with Gasteiger partial charge in [0.25, 0.3) is 0 Å². The second-order valence-electron chi connectivity index (χ2n) is 10.8. The van der Waals surface area contributed by atoms with Crippen LogP contribution < -0.4 is 5.32 Å². The summed E-state index contributed by atoms with van der Waals surface area (Å²) in [6.45, 7) is 3.27. The van der Waals surface area contributed by atoms with Crippen LogP contribution in [0, 0.1) is 0 Å². The van der Waals surface area contributed by atoms with Gasteiger partial charge in [-0.1, -0.05) is 19.1 Å². The Bertz CT molecular complexity index is 1440. The minimum Gasteiger partial charge on any atom is -0.507 e. The van der Waals surface area contributed by atoms with Crippen LogP contribution in [0.1, 0.15) is 88.1 Å². The van der Waals surface area contributed by atoms with Crippen LogP contribution in [0.4, 0.5) is 0 Å². The third-order valence-electron chi connectivity index (χ3n) is 8.62. The lowest BCUT2D eigenvalue weighted by Crippen LogP contribution is -2.53. The van der Waals surface area contributed by atoms with Crippen molar-refractivity contribution in [3.8, 4) is 17.2 Å². The topological polar surface area (TPSA) is 192 Å². The van der Waals surface area contributed by atoms with Crippen LogP contribution in [-0.4, -0.2) is 87.4 Å². The number of fused-ring (bicyclic) bond motifs is 3. The van der Waals surface area contributed by atoms with Gasteiger partial charge < -0.3 is 45.1 Å². The number of rotatable bonds is 5. The third kappa shape index (κ3) is 4.29. The van der Waals surface area contributed by atoms with E-state index in [-0.39, 0.29) is 41.5 Å². The molecule has 0 amide bonds. The fourth-order valence-electron chi connectivity index (χ4n) is 6.39. The summed E-state index contributed by atoms with van der Waals surface area (Å²) in [6, 6.07) is 3.47. The fraction of sp³-hybridized carbons (Fsp3) is 0.483. The SMILES string of the molecule is CC[C@@]1(O)CC(OC2CC(NC)C(O)C(C)O2)c2c(O)c3c(c(O)c2C1C(=O)OC)C(=O)c1cccc(O)c1C3=O. The van der Waals surface area contributed by atoms with Crippen molar-refractivity contribution in [1.82, 2.24) is 5.32 Å². The van der Waals surface area contributed by atoms with Crippen molar-refractivity contribution in [2.75, 3.05) is 14.2 Å². The Morgan fingerprint density at radius 1 is 1.10 bits per heavy atom. The molecule has 6 N–H and O–H groups in total. The minimum atomic E-state index is -1.86. The molecule has 2 aliphatic carbocycles. The number of hydrogen-bond acceptors (Lipinski definition) is 12. The summed E-state index contributed by atoms with van der Waals surface area (Å²) < 4.78 is 17.1. The van der Waals surface area contributed by atoms with Gasteiger partial charge in [0.2, 0.25) is 5.78 Å². The highest BCUT2D eigenvalue weighted by Gasteiger charge is 2.55. The lowest BCUT2D eigenvalue weighted by atomic mass is 9.66. The molecule has 1 heterocycles. The molecule has 0 bridgehead atoms. The fourth-order valence-corrected chi connectivity index (χ4v) is 6.39. The number of ketones is 2. The van der Waals surface area contributed by atoms with Crippen molar-refractivity contribution in [2.45, 2.75) is 75.3 Å². The smallest absolute Gasteiger partial charge is 0.316 e. The second kappa shape index (κ2) is 10.4. The standard InChI is InChI=1S/C29H33NO11/c1-5-29(38)10-15(41-16-9-13(30-3)23(32)11(2)40-16)18-19(22(29)28(37)39-4)27(36)20-21(26(18)35)25(34)17-12(24(20)33)7-6-8-14(17)31/h6-8,11,13,15-16,22-23,30-32,35-36,38H,5,9-10H2,1-4H3/t11?,13?,15?,16?,22?,23?,29-/m1/s1. The molecular weight excluding hydrogens is 538 g/mol. The maximum absolute atomic E-state index is 13.6. The first-order valence-corrected chi connectivity index (χ1v) is 13.4. The van der Waals surface area contributed by atoms with Gasteiger partial charge in [0.1, 0.15) is 23.2 Å². The molecule has 0 spiro atoms. The van der Waals surface area contributed by atoms with E-state index in [1.165, 1.54) is 18.2 Å². The van der Waals surface area contributed by atoms with Gasteiger partial charge in [-0.05, 0) is 26.5 Å². The van der Waals surface area contributed by atoms with Gasteiger partial charge in [-0.2, -0.15) is 0 Å². The highest BCUT2D eigenvalue weighted by atomic mass is 16.7. The van der Waals surface area contributed by atoms with Gasteiger partial charge >= 0.3 is 5.97 Å². The highest BCUT2D eigenvalue weighted by molar-refractivity contribution is 6.31. The molecule has 5 rings (SSSR count). The number of carbonyl (C=O) groups excluding carboxylic acids is 3. The average Bonchev–Trinajstić information content (AvgIpc) is 2.94. The maximum Gasteiger partial charge on any atom is 0.316 e. The van der Waals surface area contributed by atoms with Gasteiger partial charge in [0.15, 0.2) is 12.1 Å². The molecule has 220 valence electrons. The van der Waals surface area contributed by atoms with E-state index in [0.717, 1.165) is 7.11 Å². The summed E-state index contributed by atoms with van der Waals surface area (Å²) in [6.07, 6.45) is -3.78. The summed E-state index contributed by atoms with van der Waals surface area (Å²) >= 11 is 0. The Labute approximate surface area is 235 Å². The Kier molecular flexibility index (Phi) is 7.33. The quantitative estimate of drug-likeness (QED) is 0.191. The number of aromatic hydroxyl groups is 3. The van der Waals surface area contributed by atoms with Crippen molar-refractivity contribution in [2.24, 2.45) is 0 Å². The van der Waals surface area contributed by atoms with Crippen LogP contribution in [0.15, 0.2) is 18.2 Å². The number of esters is 1. The molecule has 1 saturated heterocycles. The molecule has 2 aromatic rings. The average molecular weight is 572 g/mol. The van der Waals surface area contributed by atoms with Crippen LogP contribution in [-0.2, 0) is 19.0 Å². The largest absolute Gasteiger partial charge is 0.507 e. The molecule has 1 aliphatic heterocycles. The van der Waals surface area contributed by atoms with E-state index in [1.807, 2.05) is 0 Å². The van der Waals surface area contributed by atoms with Gasteiger partial charge in [-0.25, -0.2) is 0 Å². The van der Waals surface area contributed by atoms with Crippen LogP contribution in [0.25, 0.3) is 0 Å². The molecule has 0 radical (unpaired) electrons. The molecular formula is C29H33NO11. The lowest BCUT2D eigenvalue weighted by molar-refractivity contribution is -0.251. The molecule has 2 aromatic carbocycles. The van der Waals surface area contributed by atoms with E-state index in [9.17, 15) is 39.9 Å².